The lowest BCUT2D eigenvalue weighted by atomic mass is 10.1. The number of rotatable bonds is 4. The molecule has 6 nitrogen and oxygen atoms in total. The number of benzene rings is 2. The van der Waals surface area contributed by atoms with Gasteiger partial charge in [-0.2, -0.15) is 0 Å². The summed E-state index contributed by atoms with van der Waals surface area (Å²) in [5.41, 5.74) is 4.24. The Balaban J connectivity index is 1.67. The molecule has 2 aromatic rings. The van der Waals surface area contributed by atoms with E-state index in [2.05, 4.69) is 5.32 Å². The standard InChI is InChI=1S/C24H23N3O3S2/c1-13(2)27-23(30)21(32-24(27)31)20-16-7-5-6-8-18(16)26(22(20)29)12-19(28)25-17-11-14(3)9-10-15(17)4/h5-11,13H,12H2,1-4H3,(H,25,28)/b21-20+. The molecular formula is C24H23N3O3S2. The number of fused-ring (bicyclic) bond motifs is 1. The lowest BCUT2D eigenvalue weighted by Gasteiger charge is -2.18. The van der Waals surface area contributed by atoms with Gasteiger partial charge in [0.15, 0.2) is 0 Å². The van der Waals surface area contributed by atoms with Gasteiger partial charge in [0.2, 0.25) is 5.91 Å². The second kappa shape index (κ2) is 8.52. The Kier molecular flexibility index (Phi) is 5.92. The summed E-state index contributed by atoms with van der Waals surface area (Å²) in [5.74, 6) is -0.945. The number of carbonyl (C=O) groups is 3. The largest absolute Gasteiger partial charge is 0.324 e. The highest BCUT2D eigenvalue weighted by Crippen LogP contribution is 2.44. The molecule has 3 amide bonds. The minimum absolute atomic E-state index is 0.105. The molecule has 0 unspecified atom stereocenters. The summed E-state index contributed by atoms with van der Waals surface area (Å²) in [6.45, 7) is 7.48. The van der Waals surface area contributed by atoms with Crippen molar-refractivity contribution in [3.8, 4) is 0 Å². The molecule has 0 atom stereocenters. The van der Waals surface area contributed by atoms with E-state index in [1.165, 1.54) is 9.80 Å². The number of nitrogens with one attached hydrogen (secondary N) is 1. The van der Waals surface area contributed by atoms with E-state index < -0.39 is 0 Å². The lowest BCUT2D eigenvalue weighted by Crippen LogP contribution is -2.36. The van der Waals surface area contributed by atoms with Gasteiger partial charge in [0.25, 0.3) is 11.8 Å². The van der Waals surface area contributed by atoms with Crippen molar-refractivity contribution >= 4 is 63.0 Å². The molecule has 0 radical (unpaired) electrons. The van der Waals surface area contributed by atoms with Crippen LogP contribution in [0.5, 0.6) is 0 Å². The van der Waals surface area contributed by atoms with Gasteiger partial charge in [0.05, 0.1) is 16.2 Å². The van der Waals surface area contributed by atoms with Crippen molar-refractivity contribution in [2.24, 2.45) is 0 Å². The summed E-state index contributed by atoms with van der Waals surface area (Å²) in [6, 6.07) is 12.9. The summed E-state index contributed by atoms with van der Waals surface area (Å²) in [4.78, 5) is 42.6. The molecule has 1 N–H and O–H groups in total. The summed E-state index contributed by atoms with van der Waals surface area (Å²) in [7, 11) is 0. The molecule has 0 saturated carbocycles. The summed E-state index contributed by atoms with van der Waals surface area (Å²) < 4.78 is 0.434. The molecule has 0 spiro atoms. The predicted octanol–water partition coefficient (Wildman–Crippen LogP) is 4.27. The number of thioether (sulfide) groups is 1. The zero-order valence-corrected chi connectivity index (χ0v) is 19.9. The van der Waals surface area contributed by atoms with Gasteiger partial charge in [-0.25, -0.2) is 0 Å². The third-order valence-electron chi connectivity index (χ3n) is 5.43. The number of carbonyl (C=O) groups excluding carboxylic acids is 3. The average Bonchev–Trinajstić information content (AvgIpc) is 3.17. The van der Waals surface area contributed by atoms with Crippen molar-refractivity contribution in [3.63, 3.8) is 0 Å². The minimum Gasteiger partial charge on any atom is -0.324 e. The Hall–Kier alpha value is -2.97. The number of thiocarbonyl (C=S) groups is 1. The first-order valence-corrected chi connectivity index (χ1v) is 11.5. The third kappa shape index (κ3) is 3.84. The summed E-state index contributed by atoms with van der Waals surface area (Å²) >= 11 is 6.52. The van der Waals surface area contributed by atoms with Crippen LogP contribution in [0.25, 0.3) is 5.57 Å². The number of anilines is 2. The summed E-state index contributed by atoms with van der Waals surface area (Å²) in [6.07, 6.45) is 0. The molecule has 1 fully saturated rings. The van der Waals surface area contributed by atoms with Crippen LogP contribution >= 0.6 is 24.0 Å². The number of para-hydroxylation sites is 1. The van der Waals surface area contributed by atoms with E-state index >= 15 is 0 Å². The Bertz CT molecular complexity index is 1200. The molecule has 2 aliphatic rings. The SMILES string of the molecule is Cc1ccc(C)c(NC(=O)CN2C(=O)/C(=C3/SC(=S)N(C(C)C)C3=O)c3ccccc32)c1. The van der Waals surface area contributed by atoms with Gasteiger partial charge < -0.3 is 5.32 Å². The molecule has 0 aromatic heterocycles. The molecule has 1 saturated heterocycles. The topological polar surface area (TPSA) is 69.7 Å². The van der Waals surface area contributed by atoms with Crippen molar-refractivity contribution in [3.05, 3.63) is 64.1 Å². The van der Waals surface area contributed by atoms with Crippen molar-refractivity contribution in [2.45, 2.75) is 33.7 Å². The molecule has 2 heterocycles. The zero-order valence-electron chi connectivity index (χ0n) is 18.3. The van der Waals surface area contributed by atoms with Crippen LogP contribution in [-0.4, -0.2) is 39.5 Å². The maximum absolute atomic E-state index is 13.4. The van der Waals surface area contributed by atoms with E-state index in [0.29, 0.717) is 31.7 Å². The smallest absolute Gasteiger partial charge is 0.267 e. The Morgan fingerprint density at radius 1 is 1.09 bits per heavy atom. The van der Waals surface area contributed by atoms with Gasteiger partial charge in [-0.1, -0.05) is 54.3 Å². The van der Waals surface area contributed by atoms with Crippen LogP contribution in [0.3, 0.4) is 0 Å². The van der Waals surface area contributed by atoms with Crippen LogP contribution in [-0.2, 0) is 14.4 Å². The van der Waals surface area contributed by atoms with Crippen LogP contribution in [0.15, 0.2) is 47.4 Å². The van der Waals surface area contributed by atoms with E-state index in [1.54, 1.807) is 12.1 Å². The quantitative estimate of drug-likeness (QED) is 0.540. The highest BCUT2D eigenvalue weighted by Gasteiger charge is 2.43. The molecule has 164 valence electrons. The molecule has 32 heavy (non-hydrogen) atoms. The Morgan fingerprint density at radius 2 is 1.81 bits per heavy atom. The molecule has 0 aliphatic carbocycles. The van der Waals surface area contributed by atoms with Gasteiger partial charge in [-0.15, -0.1) is 0 Å². The zero-order chi connectivity index (χ0) is 23.2. The second-order valence-corrected chi connectivity index (χ2v) is 9.76. The van der Waals surface area contributed by atoms with Crippen molar-refractivity contribution in [1.82, 2.24) is 4.90 Å². The van der Waals surface area contributed by atoms with E-state index in [0.717, 1.165) is 22.9 Å². The van der Waals surface area contributed by atoms with Gasteiger partial charge in [0, 0.05) is 17.3 Å². The summed E-state index contributed by atoms with van der Waals surface area (Å²) in [5, 5.41) is 2.90. The van der Waals surface area contributed by atoms with Gasteiger partial charge in [-0.05, 0) is 51.0 Å². The number of hydrogen-bond acceptors (Lipinski definition) is 5. The molecular weight excluding hydrogens is 442 g/mol. The fourth-order valence-corrected chi connectivity index (χ4v) is 5.43. The third-order valence-corrected chi connectivity index (χ3v) is 6.84. The molecule has 2 aromatic carbocycles. The highest BCUT2D eigenvalue weighted by molar-refractivity contribution is 8.26. The lowest BCUT2D eigenvalue weighted by molar-refractivity contribution is -0.123. The normalized spacial score (nSPS) is 18.1. The monoisotopic (exact) mass is 465 g/mol. The second-order valence-electron chi connectivity index (χ2n) is 8.12. The molecule has 4 rings (SSSR count). The maximum Gasteiger partial charge on any atom is 0.267 e. The molecule has 2 aliphatic heterocycles. The van der Waals surface area contributed by atoms with Crippen molar-refractivity contribution in [2.75, 3.05) is 16.8 Å². The fourth-order valence-electron chi connectivity index (χ4n) is 3.84. The first-order chi connectivity index (χ1) is 15.2. The maximum atomic E-state index is 13.4. The number of hydrogen-bond donors (Lipinski definition) is 1. The molecule has 8 heteroatoms. The van der Waals surface area contributed by atoms with Crippen molar-refractivity contribution < 1.29 is 14.4 Å². The Labute approximate surface area is 196 Å². The minimum atomic E-state index is -0.369. The van der Waals surface area contributed by atoms with Gasteiger partial charge >= 0.3 is 0 Å². The first kappa shape index (κ1) is 22.2. The van der Waals surface area contributed by atoms with E-state index in [-0.39, 0.29) is 30.3 Å². The van der Waals surface area contributed by atoms with Crippen molar-refractivity contribution in [1.29, 1.82) is 0 Å². The predicted molar refractivity (Wildman–Crippen MR) is 132 cm³/mol. The first-order valence-electron chi connectivity index (χ1n) is 10.3. The van der Waals surface area contributed by atoms with Crippen LogP contribution in [0, 0.1) is 13.8 Å². The van der Waals surface area contributed by atoms with E-state index in [4.69, 9.17) is 12.2 Å². The van der Waals surface area contributed by atoms with Gasteiger partial charge in [0.1, 0.15) is 10.9 Å². The van der Waals surface area contributed by atoms with E-state index in [1.807, 2.05) is 58.0 Å². The molecule has 0 bridgehead atoms. The van der Waals surface area contributed by atoms with Gasteiger partial charge in [-0.3, -0.25) is 24.2 Å². The number of amides is 3. The average molecular weight is 466 g/mol. The Morgan fingerprint density at radius 3 is 2.50 bits per heavy atom. The highest BCUT2D eigenvalue weighted by atomic mass is 32.2. The van der Waals surface area contributed by atoms with Crippen LogP contribution in [0.1, 0.15) is 30.5 Å². The van der Waals surface area contributed by atoms with Crippen LogP contribution in [0.2, 0.25) is 0 Å². The van der Waals surface area contributed by atoms with Crippen LogP contribution < -0.4 is 10.2 Å². The number of aryl methyl sites for hydroxylation is 2. The fraction of sp³-hybridized carbons (Fsp3) is 0.250. The number of nitrogens with zero attached hydrogens (tertiary/aromatic N) is 2. The van der Waals surface area contributed by atoms with Crippen LogP contribution in [0.4, 0.5) is 11.4 Å². The van der Waals surface area contributed by atoms with E-state index in [9.17, 15) is 14.4 Å².